The van der Waals surface area contributed by atoms with Gasteiger partial charge in [-0.3, -0.25) is 0 Å². The number of furan rings is 1. The third-order valence-electron chi connectivity index (χ3n) is 17.0. The zero-order valence-electron chi connectivity index (χ0n) is 41.8. The number of nitrogens with zero attached hydrogens (tertiary/aromatic N) is 2. The van der Waals surface area contributed by atoms with Crippen molar-refractivity contribution in [3.05, 3.63) is 161 Å². The molecule has 4 heteroatoms. The Morgan fingerprint density at radius 2 is 0.970 bits per heavy atom. The smallest absolute Gasteiger partial charge is 0.252 e. The quantitative estimate of drug-likeness (QED) is 0.165. The summed E-state index contributed by atoms with van der Waals surface area (Å²) in [4.78, 5) is 5.27. The van der Waals surface area contributed by atoms with E-state index in [0.29, 0.717) is 0 Å². The van der Waals surface area contributed by atoms with E-state index < -0.39 is 0 Å². The number of fused-ring (bicyclic) bond motifs is 9. The molecule has 0 N–H and O–H groups in total. The summed E-state index contributed by atoms with van der Waals surface area (Å²) >= 11 is 0. The van der Waals surface area contributed by atoms with E-state index >= 15 is 0 Å². The van der Waals surface area contributed by atoms with E-state index in [1.165, 1.54) is 109 Å². The Morgan fingerprint density at radius 3 is 1.54 bits per heavy atom. The van der Waals surface area contributed by atoms with Crippen LogP contribution in [0.2, 0.25) is 0 Å². The normalized spacial score (nSPS) is 18.3. The van der Waals surface area contributed by atoms with Crippen molar-refractivity contribution < 1.29 is 4.42 Å². The SMILES string of the molecule is Cc1cc2c3c(c1)N(c1cccc(-c4ccc5c(c4)oc4ccccc45)c1)c1cc4c(cc1B3c1cc3c(cc1N2c1ccc(C(C)(C)C)cc1)C(C)(C)CCC3(C)C)C(C)(C)CCC4(C)C. The van der Waals surface area contributed by atoms with Gasteiger partial charge in [0.2, 0.25) is 0 Å². The fraction of sp³-hybridized carbons (Fsp3) is 0.333. The molecule has 0 spiro atoms. The van der Waals surface area contributed by atoms with Gasteiger partial charge >= 0.3 is 0 Å². The highest BCUT2D eigenvalue weighted by atomic mass is 16.3. The van der Waals surface area contributed by atoms with Gasteiger partial charge in [-0.1, -0.05) is 137 Å². The molecule has 8 aromatic rings. The minimum Gasteiger partial charge on any atom is -0.456 e. The van der Waals surface area contributed by atoms with Crippen LogP contribution in [0.5, 0.6) is 0 Å². The minimum absolute atomic E-state index is 0.0443. The van der Waals surface area contributed by atoms with Crippen LogP contribution in [0.4, 0.5) is 34.1 Å². The minimum atomic E-state index is 0.0443. The Bertz CT molecular complexity index is 3370. The van der Waals surface area contributed by atoms with Gasteiger partial charge in [0.1, 0.15) is 11.2 Å². The molecule has 0 radical (unpaired) electrons. The van der Waals surface area contributed by atoms with Gasteiger partial charge in [-0.05, 0) is 187 Å². The second-order valence-electron chi connectivity index (χ2n) is 24.4. The molecule has 336 valence electrons. The van der Waals surface area contributed by atoms with E-state index in [-0.39, 0.29) is 33.8 Å². The molecule has 3 heterocycles. The second kappa shape index (κ2) is 14.0. The van der Waals surface area contributed by atoms with Crippen molar-refractivity contribution in [2.75, 3.05) is 9.80 Å². The molecule has 0 bridgehead atoms. The second-order valence-corrected chi connectivity index (χ2v) is 24.4. The highest BCUT2D eigenvalue weighted by Gasteiger charge is 2.48. The highest BCUT2D eigenvalue weighted by molar-refractivity contribution is 7.00. The van der Waals surface area contributed by atoms with Gasteiger partial charge in [0.25, 0.3) is 6.71 Å². The Hall–Kier alpha value is -6.00. The maximum absolute atomic E-state index is 6.44. The molecule has 2 aliphatic heterocycles. The average Bonchev–Trinajstić information content (AvgIpc) is 3.66. The lowest BCUT2D eigenvalue weighted by molar-refractivity contribution is 0.332. The summed E-state index contributed by atoms with van der Waals surface area (Å²) in [5.41, 5.74) is 24.8. The van der Waals surface area contributed by atoms with Gasteiger partial charge in [0, 0.05) is 44.9 Å². The first-order chi connectivity index (χ1) is 31.7. The number of para-hydroxylation sites is 1. The lowest BCUT2D eigenvalue weighted by Gasteiger charge is -2.49. The van der Waals surface area contributed by atoms with Gasteiger partial charge in [-0.2, -0.15) is 0 Å². The standard InChI is InChI=1S/C63H65BN2O/c1-38-30-54-58-55(31-38)66(43-17-15-16-39(32-43)40-20-25-45-44-18-13-14-19-56(44)67-57(45)33-40)53-37-49-47(61(7,8)27-29-63(49,11)12)35-51(53)64(58)50-34-46-48(62(9,10)28-26-60(46,5)6)36-52(50)65(54)42-23-21-41(22-24-42)59(2,3)4/h13-25,30-37H,26-29H2,1-12H3. The van der Waals surface area contributed by atoms with Crippen molar-refractivity contribution in [1.29, 1.82) is 0 Å². The van der Waals surface area contributed by atoms with E-state index in [1.807, 2.05) is 0 Å². The molecule has 3 nitrogen and oxygen atoms in total. The maximum atomic E-state index is 6.44. The first kappa shape index (κ1) is 42.4. The van der Waals surface area contributed by atoms with Crippen LogP contribution in [-0.2, 0) is 27.1 Å². The highest BCUT2D eigenvalue weighted by Crippen LogP contribution is 2.53. The van der Waals surface area contributed by atoms with Gasteiger partial charge in [0.15, 0.2) is 0 Å². The van der Waals surface area contributed by atoms with Crippen LogP contribution in [0, 0.1) is 6.92 Å². The number of anilines is 6. The van der Waals surface area contributed by atoms with E-state index in [9.17, 15) is 0 Å². The first-order valence-electron chi connectivity index (χ1n) is 25.0. The molecule has 0 atom stereocenters. The van der Waals surface area contributed by atoms with Crippen molar-refractivity contribution >= 4 is 79.2 Å². The fourth-order valence-corrected chi connectivity index (χ4v) is 12.6. The summed E-state index contributed by atoms with van der Waals surface area (Å²) in [5, 5.41) is 2.31. The van der Waals surface area contributed by atoms with Crippen molar-refractivity contribution in [1.82, 2.24) is 0 Å². The molecule has 12 rings (SSSR count). The number of benzene rings is 7. The molecule has 0 unspecified atom stereocenters. The molecule has 0 saturated carbocycles. The van der Waals surface area contributed by atoms with E-state index in [4.69, 9.17) is 4.42 Å². The summed E-state index contributed by atoms with van der Waals surface area (Å²) in [6, 6.07) is 49.4. The molecule has 67 heavy (non-hydrogen) atoms. The Morgan fingerprint density at radius 1 is 0.463 bits per heavy atom. The van der Waals surface area contributed by atoms with Gasteiger partial charge in [-0.15, -0.1) is 0 Å². The maximum Gasteiger partial charge on any atom is 0.252 e. The number of hydrogen-bond donors (Lipinski definition) is 0. The lowest BCUT2D eigenvalue weighted by atomic mass is 9.32. The predicted octanol–water partition coefficient (Wildman–Crippen LogP) is 15.6. The van der Waals surface area contributed by atoms with Crippen molar-refractivity contribution in [3.8, 4) is 11.1 Å². The largest absolute Gasteiger partial charge is 0.456 e. The van der Waals surface area contributed by atoms with Gasteiger partial charge in [-0.25, -0.2) is 0 Å². The summed E-state index contributed by atoms with van der Waals surface area (Å²) in [6.07, 6.45) is 4.69. The van der Waals surface area contributed by atoms with Crippen molar-refractivity contribution in [3.63, 3.8) is 0 Å². The molecule has 0 saturated heterocycles. The van der Waals surface area contributed by atoms with Crippen LogP contribution in [0.3, 0.4) is 0 Å². The summed E-state index contributed by atoms with van der Waals surface area (Å²) < 4.78 is 6.44. The van der Waals surface area contributed by atoms with Gasteiger partial charge in [0.05, 0.1) is 0 Å². The molecule has 2 aliphatic carbocycles. The van der Waals surface area contributed by atoms with Crippen LogP contribution in [0.1, 0.15) is 135 Å². The number of aryl methyl sites for hydroxylation is 1. The zero-order chi connectivity index (χ0) is 46.7. The van der Waals surface area contributed by atoms with Crippen molar-refractivity contribution in [2.24, 2.45) is 0 Å². The van der Waals surface area contributed by atoms with E-state index in [2.05, 4.69) is 220 Å². The number of rotatable bonds is 3. The predicted molar refractivity (Wildman–Crippen MR) is 287 cm³/mol. The Balaban J connectivity index is 1.15. The van der Waals surface area contributed by atoms with Gasteiger partial charge < -0.3 is 14.2 Å². The molecular weight excluding hydrogens is 812 g/mol. The third-order valence-corrected chi connectivity index (χ3v) is 17.0. The summed E-state index contributed by atoms with van der Waals surface area (Å²) in [7, 11) is 0. The van der Waals surface area contributed by atoms with Crippen LogP contribution in [0.25, 0.3) is 33.1 Å². The molecule has 1 aromatic heterocycles. The van der Waals surface area contributed by atoms with Crippen LogP contribution in [-0.4, -0.2) is 6.71 Å². The molecular formula is C63H65BN2O. The monoisotopic (exact) mass is 877 g/mol. The van der Waals surface area contributed by atoms with E-state index in [0.717, 1.165) is 33.9 Å². The van der Waals surface area contributed by atoms with Crippen LogP contribution < -0.4 is 26.2 Å². The van der Waals surface area contributed by atoms with Crippen molar-refractivity contribution in [2.45, 2.75) is 136 Å². The molecule has 4 aliphatic rings. The number of hydrogen-bond acceptors (Lipinski definition) is 3. The third kappa shape index (κ3) is 6.37. The van der Waals surface area contributed by atoms with E-state index in [1.54, 1.807) is 0 Å². The first-order valence-corrected chi connectivity index (χ1v) is 25.0. The lowest BCUT2D eigenvalue weighted by Crippen LogP contribution is -2.62. The molecule has 0 fully saturated rings. The summed E-state index contributed by atoms with van der Waals surface area (Å²) in [6.45, 7) is 29.1. The molecule has 0 amide bonds. The topological polar surface area (TPSA) is 19.6 Å². The Kier molecular flexibility index (Phi) is 8.87. The average molecular weight is 877 g/mol. The fourth-order valence-electron chi connectivity index (χ4n) is 12.6. The van der Waals surface area contributed by atoms with Crippen LogP contribution >= 0.6 is 0 Å². The van der Waals surface area contributed by atoms with Crippen LogP contribution in [0.15, 0.2) is 132 Å². The Labute approximate surface area is 399 Å². The zero-order valence-corrected chi connectivity index (χ0v) is 41.8. The summed E-state index contributed by atoms with van der Waals surface area (Å²) in [5.74, 6) is 0. The molecule has 7 aromatic carbocycles.